The lowest BCUT2D eigenvalue weighted by Crippen LogP contribution is -3.12. The molecule has 4 rings (SSSR count). The number of rotatable bonds is 4. The van der Waals surface area contributed by atoms with Gasteiger partial charge in [0.2, 0.25) is 0 Å². The van der Waals surface area contributed by atoms with E-state index >= 15 is 0 Å². The van der Waals surface area contributed by atoms with Crippen LogP contribution >= 0.6 is 11.3 Å². The molecule has 0 unspecified atom stereocenters. The molecule has 1 aliphatic rings. The fraction of sp³-hybridized carbons (Fsp3) is 0.368. The minimum absolute atomic E-state index is 0.248. The van der Waals surface area contributed by atoms with Crippen molar-refractivity contribution >= 4 is 33.1 Å². The lowest BCUT2D eigenvalue weighted by Gasteiger charge is -2.23. The summed E-state index contributed by atoms with van der Waals surface area (Å²) in [5, 5.41) is 4.41. The molecule has 3 aromatic rings. The van der Waals surface area contributed by atoms with Gasteiger partial charge in [-0.1, -0.05) is 0 Å². The van der Waals surface area contributed by atoms with Crippen LogP contribution in [0.4, 0.5) is 15.9 Å². The molecule has 0 amide bonds. The number of anilines is 2. The van der Waals surface area contributed by atoms with Crippen molar-refractivity contribution in [1.29, 1.82) is 0 Å². The summed E-state index contributed by atoms with van der Waals surface area (Å²) >= 11 is 1.70. The zero-order valence-electron chi connectivity index (χ0n) is 14.9. The van der Waals surface area contributed by atoms with Crippen LogP contribution in [0, 0.1) is 19.7 Å². The number of halogens is 1. The zero-order valence-corrected chi connectivity index (χ0v) is 15.8. The van der Waals surface area contributed by atoms with E-state index in [1.165, 1.54) is 27.5 Å². The van der Waals surface area contributed by atoms with Crippen LogP contribution in [0.3, 0.4) is 0 Å². The number of fused-ring (bicyclic) bond motifs is 1. The van der Waals surface area contributed by atoms with Gasteiger partial charge in [0.05, 0.1) is 18.6 Å². The van der Waals surface area contributed by atoms with Crippen molar-refractivity contribution in [3.05, 3.63) is 46.3 Å². The minimum Gasteiger partial charge on any atom is -0.370 e. The Morgan fingerprint density at radius 2 is 1.88 bits per heavy atom. The number of nitrogens with one attached hydrogen (secondary N) is 2. The molecule has 1 saturated heterocycles. The van der Waals surface area contributed by atoms with Crippen molar-refractivity contribution in [1.82, 2.24) is 9.97 Å². The average molecular weight is 373 g/mol. The van der Waals surface area contributed by atoms with Crippen LogP contribution in [0.25, 0.3) is 10.2 Å². The Balaban J connectivity index is 1.71. The van der Waals surface area contributed by atoms with Gasteiger partial charge in [0, 0.05) is 10.6 Å². The largest absolute Gasteiger partial charge is 0.370 e. The van der Waals surface area contributed by atoms with Crippen molar-refractivity contribution in [2.24, 2.45) is 0 Å². The number of nitrogens with zero attached hydrogens (tertiary/aromatic N) is 2. The summed E-state index contributed by atoms with van der Waals surface area (Å²) in [6.45, 7) is 8.52. The van der Waals surface area contributed by atoms with Gasteiger partial charge < -0.3 is 15.0 Å². The van der Waals surface area contributed by atoms with Crippen molar-refractivity contribution in [3.63, 3.8) is 0 Å². The Morgan fingerprint density at radius 1 is 1.15 bits per heavy atom. The van der Waals surface area contributed by atoms with Crippen LogP contribution in [0.5, 0.6) is 0 Å². The molecule has 136 valence electrons. The lowest BCUT2D eigenvalue weighted by molar-refractivity contribution is -0.922. The Morgan fingerprint density at radius 3 is 2.62 bits per heavy atom. The third kappa shape index (κ3) is 3.56. The molecule has 0 atom stereocenters. The fourth-order valence-corrected chi connectivity index (χ4v) is 4.24. The summed E-state index contributed by atoms with van der Waals surface area (Å²) in [5.74, 6) is 1.38. The number of quaternary nitrogens is 1. The first-order chi connectivity index (χ1) is 12.6. The smallest absolute Gasteiger partial charge is 0.187 e. The quantitative estimate of drug-likeness (QED) is 0.738. The maximum absolute atomic E-state index is 13.2. The molecule has 2 aromatic heterocycles. The highest BCUT2D eigenvalue weighted by molar-refractivity contribution is 7.18. The number of ether oxygens (including phenoxy) is 1. The summed E-state index contributed by atoms with van der Waals surface area (Å²) < 4.78 is 18.6. The predicted molar refractivity (Wildman–Crippen MR) is 102 cm³/mol. The summed E-state index contributed by atoms with van der Waals surface area (Å²) in [5.41, 5.74) is 2.01. The highest BCUT2D eigenvalue weighted by atomic mass is 32.1. The topological polar surface area (TPSA) is 51.5 Å². The maximum Gasteiger partial charge on any atom is 0.187 e. The Labute approximate surface area is 155 Å². The van der Waals surface area contributed by atoms with Crippen molar-refractivity contribution in [2.75, 3.05) is 31.6 Å². The Kier molecular flexibility index (Phi) is 4.84. The monoisotopic (exact) mass is 373 g/mol. The second kappa shape index (κ2) is 7.26. The number of hydrogen-bond donors (Lipinski definition) is 2. The highest BCUT2D eigenvalue weighted by Crippen LogP contribution is 2.34. The van der Waals surface area contributed by atoms with Gasteiger partial charge >= 0.3 is 0 Å². The second-order valence-electron chi connectivity index (χ2n) is 6.62. The molecule has 0 bridgehead atoms. The van der Waals surface area contributed by atoms with E-state index in [4.69, 9.17) is 14.7 Å². The van der Waals surface area contributed by atoms with Crippen LogP contribution in [0.1, 0.15) is 16.3 Å². The average Bonchev–Trinajstić information content (AvgIpc) is 2.92. The molecule has 26 heavy (non-hydrogen) atoms. The maximum atomic E-state index is 13.2. The van der Waals surface area contributed by atoms with E-state index in [0.717, 1.165) is 60.4 Å². The highest BCUT2D eigenvalue weighted by Gasteiger charge is 2.19. The first-order valence-electron chi connectivity index (χ1n) is 8.80. The van der Waals surface area contributed by atoms with Gasteiger partial charge in [-0.25, -0.2) is 14.4 Å². The Hall–Kier alpha value is -2.09. The fourth-order valence-electron chi connectivity index (χ4n) is 3.19. The second-order valence-corrected chi connectivity index (χ2v) is 7.83. The third-order valence-corrected chi connectivity index (χ3v) is 5.89. The normalized spacial score (nSPS) is 15.5. The van der Waals surface area contributed by atoms with Crippen LogP contribution in [-0.2, 0) is 11.3 Å². The van der Waals surface area contributed by atoms with Crippen molar-refractivity contribution in [3.8, 4) is 0 Å². The van der Waals surface area contributed by atoms with Crippen molar-refractivity contribution < 1.29 is 14.0 Å². The number of morpholine rings is 1. The molecule has 0 spiro atoms. The van der Waals surface area contributed by atoms with Gasteiger partial charge in [-0.15, -0.1) is 11.3 Å². The van der Waals surface area contributed by atoms with E-state index in [2.05, 4.69) is 19.2 Å². The van der Waals surface area contributed by atoms with E-state index in [-0.39, 0.29) is 5.82 Å². The molecule has 1 fully saturated rings. The molecular formula is C19H22FN4OS+. The molecule has 2 N–H and O–H groups in total. The summed E-state index contributed by atoms with van der Waals surface area (Å²) in [6.07, 6.45) is 0. The molecule has 1 aromatic carbocycles. The summed E-state index contributed by atoms with van der Waals surface area (Å²) in [7, 11) is 0. The first kappa shape index (κ1) is 17.3. The first-order valence-corrected chi connectivity index (χ1v) is 9.62. The summed E-state index contributed by atoms with van der Waals surface area (Å²) in [4.78, 5) is 13.3. The molecule has 5 nitrogen and oxygen atoms in total. The number of hydrogen-bond acceptors (Lipinski definition) is 5. The number of benzene rings is 1. The molecule has 1 aliphatic heterocycles. The zero-order chi connectivity index (χ0) is 18.1. The predicted octanol–water partition coefficient (Wildman–Crippen LogP) is 2.61. The van der Waals surface area contributed by atoms with Gasteiger partial charge in [-0.05, 0) is 43.7 Å². The van der Waals surface area contributed by atoms with E-state index in [9.17, 15) is 4.39 Å². The van der Waals surface area contributed by atoms with Crippen LogP contribution in [0.15, 0.2) is 24.3 Å². The number of aromatic nitrogens is 2. The molecule has 0 saturated carbocycles. The van der Waals surface area contributed by atoms with Gasteiger partial charge in [0.1, 0.15) is 36.1 Å². The van der Waals surface area contributed by atoms with Crippen LogP contribution in [-0.4, -0.2) is 36.3 Å². The van der Waals surface area contributed by atoms with Crippen LogP contribution in [0.2, 0.25) is 0 Å². The molecule has 3 heterocycles. The van der Waals surface area contributed by atoms with E-state index in [1.54, 1.807) is 23.5 Å². The number of aryl methyl sites for hydroxylation is 2. The molecule has 0 radical (unpaired) electrons. The Bertz CT molecular complexity index is 919. The van der Waals surface area contributed by atoms with Crippen molar-refractivity contribution in [2.45, 2.75) is 20.4 Å². The molecular weight excluding hydrogens is 351 g/mol. The summed E-state index contributed by atoms with van der Waals surface area (Å²) in [6, 6.07) is 6.35. The van der Waals surface area contributed by atoms with Gasteiger partial charge in [0.15, 0.2) is 5.82 Å². The number of thiophene rings is 1. The van der Waals surface area contributed by atoms with Gasteiger partial charge in [-0.2, -0.15) is 0 Å². The van der Waals surface area contributed by atoms with E-state index in [0.29, 0.717) is 0 Å². The standard InChI is InChI=1S/C19H21FN4OS/c1-12-13(2)26-19-17(12)18(21-15-5-3-14(20)4-6-15)22-16(23-19)11-24-7-9-25-10-8-24/h3-6H,7-11H2,1-2H3,(H,21,22,23)/p+1. The van der Waals surface area contributed by atoms with Crippen LogP contribution < -0.4 is 10.2 Å². The minimum atomic E-state index is -0.248. The van der Waals surface area contributed by atoms with E-state index < -0.39 is 0 Å². The molecule has 0 aliphatic carbocycles. The SMILES string of the molecule is Cc1sc2nc(C[NH+]3CCOCC3)nc(Nc3ccc(F)cc3)c2c1C. The van der Waals surface area contributed by atoms with Gasteiger partial charge in [-0.3, -0.25) is 0 Å². The van der Waals surface area contributed by atoms with Gasteiger partial charge in [0.25, 0.3) is 0 Å². The third-order valence-electron chi connectivity index (χ3n) is 4.79. The van der Waals surface area contributed by atoms with E-state index in [1.807, 2.05) is 0 Å². The molecule has 7 heteroatoms. The lowest BCUT2D eigenvalue weighted by atomic mass is 10.2.